The molecule has 0 bridgehead atoms. The fraction of sp³-hybridized carbons (Fsp3) is 0.667. The summed E-state index contributed by atoms with van der Waals surface area (Å²) in [7, 11) is 4.26. The van der Waals surface area contributed by atoms with Gasteiger partial charge in [-0.15, -0.1) is 0 Å². The first kappa shape index (κ1) is 9.94. The summed E-state index contributed by atoms with van der Waals surface area (Å²) in [5.74, 6) is 0.573. The summed E-state index contributed by atoms with van der Waals surface area (Å²) in [6.45, 7) is 2.17. The summed E-state index contributed by atoms with van der Waals surface area (Å²) in [6, 6.07) is 0.549. The monoisotopic (exact) mass is 193 g/mol. The van der Waals surface area contributed by atoms with E-state index in [-0.39, 0.29) is 0 Å². The number of nitrogens with zero attached hydrogens (tertiary/aromatic N) is 1. The molecular weight excluding hydrogens is 174 g/mol. The van der Waals surface area contributed by atoms with E-state index in [4.69, 9.17) is 4.74 Å². The molecule has 2 rings (SSSR count). The number of ether oxygens (including phenoxy) is 1. The maximum atomic E-state index is 5.98. The highest BCUT2D eigenvalue weighted by molar-refractivity contribution is 5.17. The van der Waals surface area contributed by atoms with Crippen molar-refractivity contribution >= 4 is 0 Å². The Morgan fingerprint density at radius 2 is 1.93 bits per heavy atom. The standard InChI is InChI=1S/C12H19NO/c1-9-11(13(2)3)8-10-6-4-5-7-12(10)14-9/h4-7,9-12H,8H2,1-3H3. The number of rotatable bonds is 1. The second-order valence-electron chi connectivity index (χ2n) is 4.51. The molecule has 0 aromatic rings. The van der Waals surface area contributed by atoms with Crippen LogP contribution in [-0.4, -0.2) is 37.2 Å². The first-order valence-electron chi connectivity index (χ1n) is 5.35. The van der Waals surface area contributed by atoms with E-state index in [1.165, 1.54) is 6.42 Å². The topological polar surface area (TPSA) is 12.5 Å². The average molecular weight is 193 g/mol. The van der Waals surface area contributed by atoms with Gasteiger partial charge in [-0.3, -0.25) is 0 Å². The summed E-state index contributed by atoms with van der Waals surface area (Å²) in [5, 5.41) is 0. The Bertz CT molecular complexity index is 257. The van der Waals surface area contributed by atoms with Crippen LogP contribution in [0.5, 0.6) is 0 Å². The molecule has 0 spiro atoms. The Morgan fingerprint density at radius 1 is 1.21 bits per heavy atom. The average Bonchev–Trinajstić information content (AvgIpc) is 2.16. The van der Waals surface area contributed by atoms with Crippen LogP contribution in [0.15, 0.2) is 24.3 Å². The highest BCUT2D eigenvalue weighted by atomic mass is 16.5. The van der Waals surface area contributed by atoms with E-state index < -0.39 is 0 Å². The van der Waals surface area contributed by atoms with E-state index in [0.717, 1.165) is 0 Å². The van der Waals surface area contributed by atoms with Gasteiger partial charge in [-0.2, -0.15) is 0 Å². The third kappa shape index (κ3) is 1.77. The van der Waals surface area contributed by atoms with E-state index in [1.54, 1.807) is 0 Å². The quantitative estimate of drug-likeness (QED) is 0.630. The molecule has 1 aliphatic carbocycles. The molecule has 0 amide bonds. The lowest BCUT2D eigenvalue weighted by molar-refractivity contribution is -0.0806. The van der Waals surface area contributed by atoms with Crippen molar-refractivity contribution in [1.29, 1.82) is 0 Å². The maximum absolute atomic E-state index is 5.98. The van der Waals surface area contributed by atoms with Crippen molar-refractivity contribution in [2.45, 2.75) is 31.6 Å². The lowest BCUT2D eigenvalue weighted by Crippen LogP contribution is -2.48. The van der Waals surface area contributed by atoms with Gasteiger partial charge in [-0.25, -0.2) is 0 Å². The molecule has 2 heteroatoms. The number of likely N-dealkylation sites (N-methyl/N-ethyl adjacent to an activating group) is 1. The van der Waals surface area contributed by atoms with Gasteiger partial charge in [0.2, 0.25) is 0 Å². The third-order valence-electron chi connectivity index (χ3n) is 3.28. The van der Waals surface area contributed by atoms with Gasteiger partial charge in [0.15, 0.2) is 0 Å². The maximum Gasteiger partial charge on any atom is 0.0826 e. The molecule has 2 nitrogen and oxygen atoms in total. The van der Waals surface area contributed by atoms with E-state index in [0.29, 0.717) is 24.2 Å². The van der Waals surface area contributed by atoms with Crippen LogP contribution in [0.4, 0.5) is 0 Å². The van der Waals surface area contributed by atoms with Gasteiger partial charge in [0.25, 0.3) is 0 Å². The zero-order valence-electron chi connectivity index (χ0n) is 9.18. The minimum absolute atomic E-state index is 0.311. The Hall–Kier alpha value is -0.600. The van der Waals surface area contributed by atoms with Gasteiger partial charge < -0.3 is 9.64 Å². The molecule has 0 radical (unpaired) electrons. The van der Waals surface area contributed by atoms with Crippen LogP contribution in [0.25, 0.3) is 0 Å². The number of allylic oxidation sites excluding steroid dienone is 2. The summed E-state index contributed by atoms with van der Waals surface area (Å²) >= 11 is 0. The van der Waals surface area contributed by atoms with Crippen molar-refractivity contribution in [2.75, 3.05) is 14.1 Å². The lowest BCUT2D eigenvalue weighted by atomic mass is 9.85. The van der Waals surface area contributed by atoms with Crippen LogP contribution in [0, 0.1) is 5.92 Å². The molecular formula is C12H19NO. The molecule has 0 aromatic carbocycles. The predicted molar refractivity (Wildman–Crippen MR) is 58.2 cm³/mol. The van der Waals surface area contributed by atoms with Crippen molar-refractivity contribution in [3.63, 3.8) is 0 Å². The molecule has 78 valence electrons. The van der Waals surface area contributed by atoms with Crippen LogP contribution in [0.1, 0.15) is 13.3 Å². The van der Waals surface area contributed by atoms with E-state index >= 15 is 0 Å². The summed E-state index contributed by atoms with van der Waals surface area (Å²) in [5.41, 5.74) is 0. The molecule has 4 unspecified atom stereocenters. The highest BCUT2D eigenvalue weighted by Crippen LogP contribution is 2.31. The number of hydrogen-bond donors (Lipinski definition) is 0. The van der Waals surface area contributed by atoms with Crippen molar-refractivity contribution in [1.82, 2.24) is 4.90 Å². The number of hydrogen-bond acceptors (Lipinski definition) is 2. The van der Waals surface area contributed by atoms with Gasteiger partial charge in [0.05, 0.1) is 12.2 Å². The molecule has 0 saturated carbocycles. The number of fused-ring (bicyclic) bond motifs is 1. The molecule has 1 aliphatic heterocycles. The largest absolute Gasteiger partial charge is 0.369 e. The molecule has 1 saturated heterocycles. The third-order valence-corrected chi connectivity index (χ3v) is 3.28. The smallest absolute Gasteiger partial charge is 0.0826 e. The molecule has 0 N–H and O–H groups in total. The molecule has 14 heavy (non-hydrogen) atoms. The molecule has 0 aromatic heterocycles. The van der Waals surface area contributed by atoms with Crippen LogP contribution < -0.4 is 0 Å². The van der Waals surface area contributed by atoms with E-state index in [1.807, 2.05) is 0 Å². The van der Waals surface area contributed by atoms with Gasteiger partial charge in [-0.05, 0) is 27.4 Å². The van der Waals surface area contributed by atoms with Crippen LogP contribution in [0.3, 0.4) is 0 Å². The Kier molecular flexibility index (Phi) is 2.75. The van der Waals surface area contributed by atoms with E-state index in [9.17, 15) is 0 Å². The van der Waals surface area contributed by atoms with Crippen molar-refractivity contribution < 1.29 is 4.74 Å². The van der Waals surface area contributed by atoms with Gasteiger partial charge in [0, 0.05) is 12.0 Å². The zero-order valence-corrected chi connectivity index (χ0v) is 9.18. The van der Waals surface area contributed by atoms with Crippen molar-refractivity contribution in [2.24, 2.45) is 5.92 Å². The fourth-order valence-electron chi connectivity index (χ4n) is 2.43. The summed E-state index contributed by atoms with van der Waals surface area (Å²) in [6.07, 6.45) is 10.5. The first-order chi connectivity index (χ1) is 6.68. The van der Waals surface area contributed by atoms with Crippen molar-refractivity contribution in [3.8, 4) is 0 Å². The van der Waals surface area contributed by atoms with Gasteiger partial charge in [0.1, 0.15) is 0 Å². The summed E-state index contributed by atoms with van der Waals surface area (Å²) in [4.78, 5) is 2.27. The van der Waals surface area contributed by atoms with Crippen molar-refractivity contribution in [3.05, 3.63) is 24.3 Å². The first-order valence-corrected chi connectivity index (χ1v) is 5.35. The molecule has 1 heterocycles. The van der Waals surface area contributed by atoms with E-state index in [2.05, 4.69) is 50.2 Å². The Morgan fingerprint density at radius 3 is 2.64 bits per heavy atom. The van der Waals surface area contributed by atoms with Crippen LogP contribution >= 0.6 is 0 Å². The predicted octanol–water partition coefficient (Wildman–Crippen LogP) is 1.84. The molecule has 1 fully saturated rings. The van der Waals surface area contributed by atoms with Gasteiger partial charge in [-0.1, -0.05) is 24.3 Å². The molecule has 2 aliphatic rings. The van der Waals surface area contributed by atoms with Crippen LogP contribution in [-0.2, 0) is 4.74 Å². The second kappa shape index (κ2) is 3.87. The highest BCUT2D eigenvalue weighted by Gasteiger charge is 2.34. The zero-order chi connectivity index (χ0) is 10.1. The lowest BCUT2D eigenvalue weighted by Gasteiger charge is -2.41. The minimum Gasteiger partial charge on any atom is -0.369 e. The SMILES string of the molecule is CC1OC2C=CC=CC2CC1N(C)C. The second-order valence-corrected chi connectivity index (χ2v) is 4.51. The fourth-order valence-corrected chi connectivity index (χ4v) is 2.43. The minimum atomic E-state index is 0.311. The summed E-state index contributed by atoms with van der Waals surface area (Å²) < 4.78 is 5.98. The van der Waals surface area contributed by atoms with Crippen LogP contribution in [0.2, 0.25) is 0 Å². The normalized spacial score (nSPS) is 41.4. The Balaban J connectivity index is 2.08. The molecule has 4 atom stereocenters. The Labute approximate surface area is 86.2 Å². The van der Waals surface area contributed by atoms with Gasteiger partial charge >= 0.3 is 0 Å².